The molecule has 1 heterocycles. The van der Waals surface area contributed by atoms with Crippen molar-refractivity contribution in [1.82, 2.24) is 5.32 Å². The Morgan fingerprint density at radius 2 is 1.67 bits per heavy atom. The van der Waals surface area contributed by atoms with Gasteiger partial charge in [-0.15, -0.1) is 0 Å². The van der Waals surface area contributed by atoms with Crippen LogP contribution in [0, 0.1) is 11.3 Å². The lowest BCUT2D eigenvalue weighted by Gasteiger charge is -2.51. The van der Waals surface area contributed by atoms with E-state index in [1.54, 1.807) is 13.8 Å². The largest absolute Gasteiger partial charge is 0.394 e. The van der Waals surface area contributed by atoms with Crippen LogP contribution in [0.1, 0.15) is 54.9 Å². The van der Waals surface area contributed by atoms with Gasteiger partial charge in [0.25, 0.3) is 0 Å². The molecular weight excluding hydrogens is 434 g/mol. The third-order valence-corrected chi connectivity index (χ3v) is 6.36. The van der Waals surface area contributed by atoms with Gasteiger partial charge in [-0.25, -0.2) is 0 Å². The number of nitrogens with one attached hydrogen (secondary N) is 1. The van der Waals surface area contributed by atoms with Crippen LogP contribution in [0.3, 0.4) is 0 Å². The van der Waals surface area contributed by atoms with Crippen LogP contribution in [0.2, 0.25) is 0 Å². The van der Waals surface area contributed by atoms with Gasteiger partial charge in [0, 0.05) is 12.8 Å². The standard InChI is InChI=1S/C23H41NO9/c1-10(2)31-20-13(11(3)26)8-14(17(28)19(20)30)32-21-16(24-12(4)27)22(23(5,6)7)33-15(9-25)18(21)29/h10,13-22,25,28-30H,8-9H2,1-7H3,(H,24,27)/t13?,14-,15?,16?,17?,18-,19-,20-,21-,22-/m1/s1. The Bertz CT molecular complexity index is 679. The van der Waals surface area contributed by atoms with E-state index in [4.69, 9.17) is 14.2 Å². The van der Waals surface area contributed by atoms with E-state index in [1.165, 1.54) is 13.8 Å². The summed E-state index contributed by atoms with van der Waals surface area (Å²) >= 11 is 0. The molecule has 10 nitrogen and oxygen atoms in total. The smallest absolute Gasteiger partial charge is 0.217 e. The third kappa shape index (κ3) is 6.50. The van der Waals surface area contributed by atoms with Gasteiger partial charge in [-0.1, -0.05) is 20.8 Å². The molecule has 33 heavy (non-hydrogen) atoms. The molecule has 1 amide bonds. The van der Waals surface area contributed by atoms with Crippen LogP contribution in [0.5, 0.6) is 0 Å². The molecule has 10 heteroatoms. The minimum absolute atomic E-state index is 0.0613. The summed E-state index contributed by atoms with van der Waals surface area (Å²) in [5, 5.41) is 45.1. The van der Waals surface area contributed by atoms with Gasteiger partial charge in [0.1, 0.15) is 36.3 Å². The lowest BCUT2D eigenvalue weighted by Crippen LogP contribution is -2.69. The first-order chi connectivity index (χ1) is 15.2. The Balaban J connectivity index is 2.38. The van der Waals surface area contributed by atoms with Crippen molar-refractivity contribution in [2.75, 3.05) is 6.61 Å². The van der Waals surface area contributed by atoms with Crippen LogP contribution >= 0.6 is 0 Å². The van der Waals surface area contributed by atoms with E-state index in [9.17, 15) is 30.0 Å². The van der Waals surface area contributed by atoms with Crippen molar-refractivity contribution in [2.24, 2.45) is 11.3 Å². The minimum atomic E-state index is -1.39. The molecule has 1 aliphatic carbocycles. The predicted molar refractivity (Wildman–Crippen MR) is 118 cm³/mol. The van der Waals surface area contributed by atoms with Gasteiger partial charge in [0.2, 0.25) is 5.91 Å². The van der Waals surface area contributed by atoms with E-state index < -0.39 is 72.8 Å². The third-order valence-electron chi connectivity index (χ3n) is 6.36. The van der Waals surface area contributed by atoms with Crippen LogP contribution in [0.4, 0.5) is 0 Å². The van der Waals surface area contributed by atoms with Crippen molar-refractivity contribution in [3.05, 3.63) is 0 Å². The number of carbonyl (C=O) groups is 2. The molecule has 0 aromatic rings. The first kappa shape index (κ1) is 28.1. The lowest BCUT2D eigenvalue weighted by molar-refractivity contribution is -0.261. The fraction of sp³-hybridized carbons (Fsp3) is 0.913. The molecule has 1 aliphatic heterocycles. The highest BCUT2D eigenvalue weighted by molar-refractivity contribution is 5.79. The Kier molecular flexibility index (Phi) is 9.42. The first-order valence-electron chi connectivity index (χ1n) is 11.6. The summed E-state index contributed by atoms with van der Waals surface area (Å²) in [4.78, 5) is 24.3. The normalized spacial score (nSPS) is 40.0. The predicted octanol–water partition coefficient (Wildman–Crippen LogP) is -0.464. The van der Waals surface area contributed by atoms with Gasteiger partial charge in [0.15, 0.2) is 0 Å². The maximum atomic E-state index is 12.3. The average Bonchev–Trinajstić information content (AvgIpc) is 2.68. The number of ketones is 1. The molecule has 0 aromatic heterocycles. The van der Waals surface area contributed by atoms with Crippen molar-refractivity contribution < 1.29 is 44.2 Å². The number of hydrogen-bond acceptors (Lipinski definition) is 9. The van der Waals surface area contributed by atoms with E-state index in [2.05, 4.69) is 5.32 Å². The molecule has 2 aliphatic rings. The van der Waals surface area contributed by atoms with E-state index in [0.717, 1.165) is 0 Å². The summed E-state index contributed by atoms with van der Waals surface area (Å²) < 4.78 is 17.8. The molecule has 2 fully saturated rings. The molecule has 0 bridgehead atoms. The average molecular weight is 476 g/mol. The van der Waals surface area contributed by atoms with Crippen molar-refractivity contribution in [1.29, 1.82) is 0 Å². The van der Waals surface area contributed by atoms with E-state index in [0.29, 0.717) is 0 Å². The maximum Gasteiger partial charge on any atom is 0.217 e. The van der Waals surface area contributed by atoms with Gasteiger partial charge in [-0.3, -0.25) is 9.59 Å². The first-order valence-corrected chi connectivity index (χ1v) is 11.6. The molecule has 0 radical (unpaired) electrons. The van der Waals surface area contributed by atoms with Gasteiger partial charge in [-0.05, 0) is 32.6 Å². The maximum absolute atomic E-state index is 12.3. The summed E-state index contributed by atoms with van der Waals surface area (Å²) in [6.07, 6.45) is -8.89. The van der Waals surface area contributed by atoms with E-state index >= 15 is 0 Å². The fourth-order valence-corrected chi connectivity index (χ4v) is 4.80. The molecule has 1 saturated carbocycles. The van der Waals surface area contributed by atoms with Gasteiger partial charge >= 0.3 is 0 Å². The van der Waals surface area contributed by atoms with Crippen LogP contribution in [0.15, 0.2) is 0 Å². The molecule has 2 rings (SSSR count). The van der Waals surface area contributed by atoms with Crippen molar-refractivity contribution in [2.45, 2.75) is 116 Å². The molecule has 10 atom stereocenters. The van der Waals surface area contributed by atoms with E-state index in [-0.39, 0.29) is 24.2 Å². The van der Waals surface area contributed by atoms with Crippen LogP contribution in [0.25, 0.3) is 0 Å². The topological polar surface area (TPSA) is 155 Å². The van der Waals surface area contributed by atoms with Crippen molar-refractivity contribution in [3.63, 3.8) is 0 Å². The summed E-state index contributed by atoms with van der Waals surface area (Å²) in [7, 11) is 0. The number of rotatable bonds is 7. The highest BCUT2D eigenvalue weighted by Gasteiger charge is 2.53. The zero-order valence-corrected chi connectivity index (χ0v) is 20.6. The van der Waals surface area contributed by atoms with Gasteiger partial charge in [0.05, 0.1) is 37.1 Å². The SMILES string of the molecule is CC(=O)NC1[C@@H](O[C@@H]2CC(C(C)=O)[C@@H](OC(C)C)[C@H](O)C2O)[C@H](O)C(CO)O[C@H]1C(C)(C)C. The molecule has 0 spiro atoms. The number of Topliss-reactive ketones (excluding diaryl/α,β-unsaturated/α-hetero) is 1. The lowest BCUT2D eigenvalue weighted by atomic mass is 9.77. The highest BCUT2D eigenvalue weighted by Crippen LogP contribution is 2.37. The quantitative estimate of drug-likeness (QED) is 0.329. The van der Waals surface area contributed by atoms with Crippen LogP contribution in [-0.4, -0.2) is 99.7 Å². The van der Waals surface area contributed by atoms with Crippen molar-refractivity contribution in [3.8, 4) is 0 Å². The second kappa shape index (κ2) is 11.1. The number of amides is 1. The number of aliphatic hydroxyl groups excluding tert-OH is 4. The second-order valence-corrected chi connectivity index (χ2v) is 10.6. The minimum Gasteiger partial charge on any atom is -0.394 e. The molecule has 5 N–H and O–H groups in total. The second-order valence-electron chi connectivity index (χ2n) is 10.6. The number of carbonyl (C=O) groups excluding carboxylic acids is 2. The van der Waals surface area contributed by atoms with Crippen molar-refractivity contribution >= 4 is 11.7 Å². The Hall–Kier alpha value is -1.14. The zero-order valence-electron chi connectivity index (χ0n) is 20.6. The zero-order chi connectivity index (χ0) is 25.2. The molecule has 1 saturated heterocycles. The highest BCUT2D eigenvalue weighted by atomic mass is 16.6. The number of aliphatic hydroxyl groups is 4. The van der Waals surface area contributed by atoms with Gasteiger partial charge < -0.3 is 40.0 Å². The summed E-state index contributed by atoms with van der Waals surface area (Å²) in [5.74, 6) is -1.30. The fourth-order valence-electron chi connectivity index (χ4n) is 4.80. The Labute approximate surface area is 195 Å². The summed E-state index contributed by atoms with van der Waals surface area (Å²) in [6, 6.07) is -0.801. The summed E-state index contributed by atoms with van der Waals surface area (Å²) in [5.41, 5.74) is -0.495. The monoisotopic (exact) mass is 475 g/mol. The number of ether oxygens (including phenoxy) is 3. The van der Waals surface area contributed by atoms with Gasteiger partial charge in [-0.2, -0.15) is 0 Å². The van der Waals surface area contributed by atoms with E-state index in [1.807, 2.05) is 20.8 Å². The van der Waals surface area contributed by atoms with Crippen LogP contribution < -0.4 is 5.32 Å². The Morgan fingerprint density at radius 3 is 2.12 bits per heavy atom. The van der Waals surface area contributed by atoms with Crippen LogP contribution in [-0.2, 0) is 23.8 Å². The molecular formula is C23H41NO9. The molecule has 192 valence electrons. The molecule has 4 unspecified atom stereocenters. The number of hydrogen-bond donors (Lipinski definition) is 5. The Morgan fingerprint density at radius 1 is 1.06 bits per heavy atom. The summed E-state index contributed by atoms with van der Waals surface area (Å²) in [6.45, 7) is 11.5. The molecule has 0 aromatic carbocycles.